The molecule has 0 aliphatic rings. The molecule has 0 spiro atoms. The summed E-state index contributed by atoms with van der Waals surface area (Å²) in [4.78, 5) is 14.7. The van der Waals surface area contributed by atoms with Crippen molar-refractivity contribution >= 4 is 17.2 Å². The van der Waals surface area contributed by atoms with Crippen molar-refractivity contribution in [2.45, 2.75) is 13.5 Å². The van der Waals surface area contributed by atoms with E-state index >= 15 is 0 Å². The van der Waals surface area contributed by atoms with Gasteiger partial charge in [0.15, 0.2) is 0 Å². The number of nitrogens with zero attached hydrogens (tertiary/aromatic N) is 1. The predicted molar refractivity (Wildman–Crippen MR) is 77.8 cm³/mol. The van der Waals surface area contributed by atoms with Gasteiger partial charge in [0, 0.05) is 19.2 Å². The Labute approximate surface area is 117 Å². The van der Waals surface area contributed by atoms with Gasteiger partial charge in [0.05, 0.1) is 12.0 Å². The molecule has 0 aliphatic heterocycles. The molecule has 0 saturated carbocycles. The quantitative estimate of drug-likeness (QED) is 0.856. The highest BCUT2D eigenvalue weighted by Gasteiger charge is 2.14. The second kappa shape index (κ2) is 5.89. The van der Waals surface area contributed by atoms with Gasteiger partial charge in [-0.05, 0) is 24.4 Å². The third-order valence-corrected chi connectivity index (χ3v) is 3.78. The molecule has 2 aromatic rings. The zero-order valence-electron chi connectivity index (χ0n) is 11.3. The first-order chi connectivity index (χ1) is 9.11. The number of methoxy groups -OCH3 is 1. The molecule has 2 rings (SSSR count). The Hall–Kier alpha value is -1.81. The first kappa shape index (κ1) is 13.6. The van der Waals surface area contributed by atoms with Crippen LogP contribution in [0.15, 0.2) is 35.7 Å². The van der Waals surface area contributed by atoms with Gasteiger partial charge < -0.3 is 9.64 Å². The molecular weight excluding hydrogens is 258 g/mol. The molecule has 0 radical (unpaired) electrons. The van der Waals surface area contributed by atoms with E-state index in [1.54, 1.807) is 12.0 Å². The van der Waals surface area contributed by atoms with Gasteiger partial charge in [-0.25, -0.2) is 0 Å². The molecule has 1 aromatic heterocycles. The summed E-state index contributed by atoms with van der Waals surface area (Å²) in [7, 11) is 3.46. The molecule has 0 saturated heterocycles. The van der Waals surface area contributed by atoms with Crippen LogP contribution in [0, 0.1) is 6.92 Å². The van der Waals surface area contributed by atoms with Crippen LogP contribution in [-0.2, 0) is 6.54 Å². The van der Waals surface area contributed by atoms with Crippen molar-refractivity contribution in [1.82, 2.24) is 4.90 Å². The first-order valence-electron chi connectivity index (χ1n) is 6.04. The molecule has 1 heterocycles. The van der Waals surface area contributed by atoms with Crippen LogP contribution < -0.4 is 4.74 Å². The Kier molecular flexibility index (Phi) is 4.22. The highest BCUT2D eigenvalue weighted by Crippen LogP contribution is 2.22. The van der Waals surface area contributed by atoms with Crippen LogP contribution in [0.4, 0.5) is 0 Å². The minimum Gasteiger partial charge on any atom is -0.496 e. The minimum atomic E-state index is 0.0403. The lowest BCUT2D eigenvalue weighted by Gasteiger charge is -2.18. The molecule has 0 N–H and O–H groups in total. The Morgan fingerprint density at radius 2 is 2.16 bits per heavy atom. The lowest BCUT2D eigenvalue weighted by molar-refractivity contribution is 0.0789. The van der Waals surface area contributed by atoms with E-state index in [-0.39, 0.29) is 5.91 Å². The Morgan fingerprint density at radius 1 is 1.37 bits per heavy atom. The van der Waals surface area contributed by atoms with Crippen LogP contribution in [-0.4, -0.2) is 25.0 Å². The van der Waals surface area contributed by atoms with Crippen LogP contribution in [0.1, 0.15) is 20.8 Å². The normalized spacial score (nSPS) is 10.3. The Balaban J connectivity index is 2.17. The number of hydrogen-bond acceptors (Lipinski definition) is 3. The lowest BCUT2D eigenvalue weighted by Crippen LogP contribution is -2.25. The molecule has 4 heteroatoms. The SMILES string of the molecule is COc1ccc(C)cc1CN(C)C(=O)c1cccs1. The third kappa shape index (κ3) is 3.15. The number of amides is 1. The number of carbonyl (C=O) groups is 1. The number of ether oxygens (including phenoxy) is 1. The number of aryl methyl sites for hydroxylation is 1. The molecule has 1 aromatic carbocycles. The molecular formula is C15H17NO2S. The molecule has 0 unspecified atom stereocenters. The summed E-state index contributed by atoms with van der Waals surface area (Å²) in [5, 5.41) is 1.91. The van der Waals surface area contributed by atoms with Gasteiger partial charge in [-0.1, -0.05) is 23.8 Å². The van der Waals surface area contributed by atoms with Gasteiger partial charge in [0.2, 0.25) is 0 Å². The van der Waals surface area contributed by atoms with Crippen molar-refractivity contribution < 1.29 is 9.53 Å². The number of hydrogen-bond donors (Lipinski definition) is 0. The summed E-state index contributed by atoms with van der Waals surface area (Å²) in [6, 6.07) is 9.73. The molecule has 0 bridgehead atoms. The number of thiophene rings is 1. The molecule has 19 heavy (non-hydrogen) atoms. The molecule has 0 fully saturated rings. The van der Waals surface area contributed by atoms with E-state index in [2.05, 4.69) is 6.07 Å². The molecule has 100 valence electrons. The van der Waals surface area contributed by atoms with Crippen LogP contribution in [0.3, 0.4) is 0 Å². The molecule has 0 aliphatic carbocycles. The van der Waals surface area contributed by atoms with Crippen molar-refractivity contribution in [2.75, 3.05) is 14.2 Å². The van der Waals surface area contributed by atoms with E-state index in [0.717, 1.165) is 21.8 Å². The monoisotopic (exact) mass is 275 g/mol. The average Bonchev–Trinajstić information content (AvgIpc) is 2.92. The zero-order valence-corrected chi connectivity index (χ0v) is 12.2. The van der Waals surface area contributed by atoms with Gasteiger partial charge in [0.1, 0.15) is 5.75 Å². The van der Waals surface area contributed by atoms with Crippen LogP contribution in [0.25, 0.3) is 0 Å². The maximum Gasteiger partial charge on any atom is 0.263 e. The summed E-state index contributed by atoms with van der Waals surface area (Å²) in [5.41, 5.74) is 2.18. The first-order valence-corrected chi connectivity index (χ1v) is 6.92. The summed E-state index contributed by atoms with van der Waals surface area (Å²) in [5.74, 6) is 0.856. The van der Waals surface area contributed by atoms with E-state index in [9.17, 15) is 4.79 Å². The number of rotatable bonds is 4. The minimum absolute atomic E-state index is 0.0403. The average molecular weight is 275 g/mol. The maximum atomic E-state index is 12.2. The number of carbonyl (C=O) groups excluding carboxylic acids is 1. The summed E-state index contributed by atoms with van der Waals surface area (Å²) in [6.07, 6.45) is 0. The second-order valence-corrected chi connectivity index (χ2v) is 5.40. The van der Waals surface area contributed by atoms with E-state index in [0.29, 0.717) is 6.54 Å². The van der Waals surface area contributed by atoms with Crippen LogP contribution in [0.2, 0.25) is 0 Å². The Bertz CT molecular complexity index is 564. The standard InChI is InChI=1S/C15H17NO2S/c1-11-6-7-13(18-3)12(9-11)10-16(2)15(17)14-5-4-8-19-14/h4-9H,10H2,1-3H3. The van der Waals surface area contributed by atoms with Gasteiger partial charge in [-0.2, -0.15) is 0 Å². The highest BCUT2D eigenvalue weighted by molar-refractivity contribution is 7.12. The largest absolute Gasteiger partial charge is 0.496 e. The van der Waals surface area contributed by atoms with Crippen LogP contribution >= 0.6 is 11.3 Å². The molecule has 1 amide bonds. The van der Waals surface area contributed by atoms with Gasteiger partial charge in [-0.3, -0.25) is 4.79 Å². The predicted octanol–water partition coefficient (Wildman–Crippen LogP) is 3.34. The van der Waals surface area contributed by atoms with E-state index in [1.807, 2.05) is 43.6 Å². The topological polar surface area (TPSA) is 29.5 Å². The lowest BCUT2D eigenvalue weighted by atomic mass is 10.1. The van der Waals surface area contributed by atoms with Crippen molar-refractivity contribution in [1.29, 1.82) is 0 Å². The summed E-state index contributed by atoms with van der Waals surface area (Å²) < 4.78 is 5.34. The van der Waals surface area contributed by atoms with E-state index < -0.39 is 0 Å². The Morgan fingerprint density at radius 3 is 2.79 bits per heavy atom. The third-order valence-electron chi connectivity index (χ3n) is 2.92. The second-order valence-electron chi connectivity index (χ2n) is 4.45. The maximum absolute atomic E-state index is 12.2. The van der Waals surface area contributed by atoms with Crippen molar-refractivity contribution in [3.8, 4) is 5.75 Å². The zero-order chi connectivity index (χ0) is 13.8. The fourth-order valence-electron chi connectivity index (χ4n) is 1.95. The smallest absolute Gasteiger partial charge is 0.263 e. The van der Waals surface area contributed by atoms with E-state index in [4.69, 9.17) is 4.74 Å². The highest BCUT2D eigenvalue weighted by atomic mass is 32.1. The van der Waals surface area contributed by atoms with E-state index in [1.165, 1.54) is 11.3 Å². The van der Waals surface area contributed by atoms with Gasteiger partial charge in [0.25, 0.3) is 5.91 Å². The summed E-state index contributed by atoms with van der Waals surface area (Å²) in [6.45, 7) is 2.58. The number of benzene rings is 1. The fraction of sp³-hybridized carbons (Fsp3) is 0.267. The fourth-order valence-corrected chi connectivity index (χ4v) is 2.66. The summed E-state index contributed by atoms with van der Waals surface area (Å²) >= 11 is 1.46. The van der Waals surface area contributed by atoms with Crippen molar-refractivity contribution in [2.24, 2.45) is 0 Å². The molecule has 3 nitrogen and oxygen atoms in total. The van der Waals surface area contributed by atoms with Crippen molar-refractivity contribution in [3.63, 3.8) is 0 Å². The van der Waals surface area contributed by atoms with Gasteiger partial charge in [-0.15, -0.1) is 11.3 Å². The van der Waals surface area contributed by atoms with Gasteiger partial charge >= 0.3 is 0 Å². The molecule has 0 atom stereocenters. The van der Waals surface area contributed by atoms with Crippen LogP contribution in [0.5, 0.6) is 5.75 Å². The van der Waals surface area contributed by atoms with Crippen molar-refractivity contribution in [3.05, 3.63) is 51.7 Å².